The van der Waals surface area contributed by atoms with Crippen LogP contribution < -0.4 is 10.2 Å². The van der Waals surface area contributed by atoms with E-state index in [0.717, 1.165) is 44.9 Å². The number of nitrogens with zero attached hydrogens (tertiary/aromatic N) is 3. The number of amides is 1. The normalized spacial score (nSPS) is 19.2. The number of carbonyl (C=O) groups is 1. The molecule has 3 aromatic carbocycles. The van der Waals surface area contributed by atoms with Crippen molar-refractivity contribution in [3.8, 4) is 11.4 Å². The molecular formula is C24H20N4O. The topological polar surface area (TPSA) is 50.2 Å². The van der Waals surface area contributed by atoms with Gasteiger partial charge in [-0.3, -0.25) is 9.36 Å². The molecule has 0 radical (unpaired) electrons. The molecule has 3 heterocycles. The molecule has 0 fully saturated rings. The largest absolute Gasteiger partial charge is 0.350 e. The van der Waals surface area contributed by atoms with Gasteiger partial charge >= 0.3 is 0 Å². The Kier molecular flexibility index (Phi) is 3.09. The fraction of sp³-hybridized carbons (Fsp3) is 0.167. The number of nitrogens with one attached hydrogen (secondary N) is 1. The van der Waals surface area contributed by atoms with Crippen LogP contribution in [0.15, 0.2) is 66.7 Å². The Balaban J connectivity index is 1.79. The third-order valence-electron chi connectivity index (χ3n) is 6.08. The number of aryl methyl sites for hydroxylation is 1. The molecule has 2 aliphatic rings. The highest BCUT2D eigenvalue weighted by atomic mass is 16.2. The van der Waals surface area contributed by atoms with Crippen LogP contribution >= 0.6 is 0 Å². The lowest BCUT2D eigenvalue weighted by atomic mass is 9.94. The molecule has 0 unspecified atom stereocenters. The second-order valence-corrected chi connectivity index (χ2v) is 7.71. The standard InChI is InChI=1S/C24H20N4O/c1-3-27-20-13-12-15(2)14-17(20)24(23(27)29)26-18-9-5-4-8-16(18)22-25-19-10-6-7-11-21(19)28(22)24/h4-14,26H,3H2,1-2H3/t24-/m1/s1. The van der Waals surface area contributed by atoms with Crippen molar-refractivity contribution in [2.24, 2.45) is 0 Å². The van der Waals surface area contributed by atoms with Gasteiger partial charge < -0.3 is 10.2 Å². The number of carbonyl (C=O) groups excluding carboxylic acids is 1. The Morgan fingerprint density at radius 3 is 2.69 bits per heavy atom. The third-order valence-corrected chi connectivity index (χ3v) is 6.08. The second-order valence-electron chi connectivity index (χ2n) is 7.71. The van der Waals surface area contributed by atoms with Crippen molar-refractivity contribution in [2.75, 3.05) is 16.8 Å². The fourth-order valence-electron chi connectivity index (χ4n) is 4.83. The molecule has 4 aromatic rings. The van der Waals surface area contributed by atoms with Crippen LogP contribution in [-0.2, 0) is 10.5 Å². The molecular weight excluding hydrogens is 360 g/mol. The third kappa shape index (κ3) is 1.89. The summed E-state index contributed by atoms with van der Waals surface area (Å²) >= 11 is 0. The molecule has 1 spiro atoms. The lowest BCUT2D eigenvalue weighted by molar-refractivity contribution is -0.123. The summed E-state index contributed by atoms with van der Waals surface area (Å²) in [7, 11) is 0. The first kappa shape index (κ1) is 16.4. The SMILES string of the molecule is CCN1C(=O)[C@@]2(Nc3ccccc3-c3nc4ccccc4n32)c2cc(C)ccc21. The van der Waals surface area contributed by atoms with Gasteiger partial charge in [-0.25, -0.2) is 4.98 Å². The van der Waals surface area contributed by atoms with Crippen molar-refractivity contribution < 1.29 is 4.79 Å². The summed E-state index contributed by atoms with van der Waals surface area (Å²) in [6.07, 6.45) is 0. The van der Waals surface area contributed by atoms with Crippen molar-refractivity contribution in [1.29, 1.82) is 0 Å². The van der Waals surface area contributed by atoms with Gasteiger partial charge in [0.05, 0.1) is 16.7 Å². The number of fused-ring (bicyclic) bond motifs is 8. The van der Waals surface area contributed by atoms with Crippen LogP contribution in [0, 0.1) is 6.92 Å². The van der Waals surface area contributed by atoms with Gasteiger partial charge in [-0.05, 0) is 50.2 Å². The van der Waals surface area contributed by atoms with E-state index >= 15 is 0 Å². The quantitative estimate of drug-likeness (QED) is 0.529. The molecule has 5 heteroatoms. The maximum Gasteiger partial charge on any atom is 0.279 e. The van der Waals surface area contributed by atoms with Gasteiger partial charge in [0.2, 0.25) is 5.66 Å². The summed E-state index contributed by atoms with van der Waals surface area (Å²) < 4.78 is 2.10. The summed E-state index contributed by atoms with van der Waals surface area (Å²) in [5.41, 5.74) is 5.78. The van der Waals surface area contributed by atoms with Gasteiger partial charge in [0.25, 0.3) is 5.91 Å². The van der Waals surface area contributed by atoms with Crippen LogP contribution in [0.25, 0.3) is 22.4 Å². The Hall–Kier alpha value is -3.60. The van der Waals surface area contributed by atoms with Crippen molar-refractivity contribution in [3.05, 3.63) is 77.9 Å². The molecule has 6 rings (SSSR count). The minimum atomic E-state index is -1.04. The molecule has 142 valence electrons. The van der Waals surface area contributed by atoms with Crippen LogP contribution in [0.3, 0.4) is 0 Å². The number of anilines is 2. The fourth-order valence-corrected chi connectivity index (χ4v) is 4.83. The van der Waals surface area contributed by atoms with Gasteiger partial charge in [-0.1, -0.05) is 35.9 Å². The molecule has 0 aliphatic carbocycles. The highest BCUT2D eigenvalue weighted by molar-refractivity contribution is 6.12. The van der Waals surface area contributed by atoms with Gasteiger partial charge in [0.15, 0.2) is 0 Å². The Labute approximate surface area is 168 Å². The summed E-state index contributed by atoms with van der Waals surface area (Å²) in [6.45, 7) is 4.70. The minimum Gasteiger partial charge on any atom is -0.350 e. The van der Waals surface area contributed by atoms with Crippen molar-refractivity contribution in [2.45, 2.75) is 19.5 Å². The first-order chi connectivity index (χ1) is 14.1. The number of rotatable bonds is 1. The number of benzene rings is 3. The zero-order valence-corrected chi connectivity index (χ0v) is 16.3. The summed E-state index contributed by atoms with van der Waals surface area (Å²) in [6, 6.07) is 22.4. The highest BCUT2D eigenvalue weighted by Crippen LogP contribution is 2.50. The zero-order valence-electron chi connectivity index (χ0n) is 16.3. The maximum absolute atomic E-state index is 14.0. The first-order valence-electron chi connectivity index (χ1n) is 9.94. The van der Waals surface area contributed by atoms with E-state index in [1.54, 1.807) is 0 Å². The predicted molar refractivity (Wildman–Crippen MR) is 115 cm³/mol. The average Bonchev–Trinajstić information content (AvgIpc) is 3.24. The Bertz CT molecular complexity index is 1320. The molecule has 1 N–H and O–H groups in total. The molecule has 1 amide bonds. The van der Waals surface area contributed by atoms with Crippen molar-refractivity contribution in [1.82, 2.24) is 9.55 Å². The van der Waals surface area contributed by atoms with E-state index in [0.29, 0.717) is 6.54 Å². The van der Waals surface area contributed by atoms with Crippen LogP contribution in [-0.4, -0.2) is 22.0 Å². The molecule has 2 aliphatic heterocycles. The number of imidazole rings is 1. The van der Waals surface area contributed by atoms with Crippen LogP contribution in [0.4, 0.5) is 11.4 Å². The average molecular weight is 380 g/mol. The number of hydrogen-bond donors (Lipinski definition) is 1. The van der Waals surface area contributed by atoms with Crippen LogP contribution in [0.1, 0.15) is 18.1 Å². The van der Waals surface area contributed by atoms with Crippen molar-refractivity contribution in [3.63, 3.8) is 0 Å². The van der Waals surface area contributed by atoms with Gasteiger partial charge in [-0.2, -0.15) is 0 Å². The number of aromatic nitrogens is 2. The van der Waals surface area contributed by atoms with E-state index in [2.05, 4.69) is 41.1 Å². The Morgan fingerprint density at radius 1 is 1.03 bits per heavy atom. The summed E-state index contributed by atoms with van der Waals surface area (Å²) in [5, 5.41) is 3.64. The molecule has 1 aromatic heterocycles. The first-order valence-corrected chi connectivity index (χ1v) is 9.94. The molecule has 0 saturated carbocycles. The lowest BCUT2D eigenvalue weighted by Gasteiger charge is -2.38. The van der Waals surface area contributed by atoms with Crippen molar-refractivity contribution >= 4 is 28.3 Å². The van der Waals surface area contributed by atoms with Gasteiger partial charge in [0, 0.05) is 23.4 Å². The van der Waals surface area contributed by atoms with Crippen LogP contribution in [0.2, 0.25) is 0 Å². The molecule has 5 nitrogen and oxygen atoms in total. The predicted octanol–water partition coefficient (Wildman–Crippen LogP) is 4.50. The van der Waals surface area contributed by atoms with Gasteiger partial charge in [-0.15, -0.1) is 0 Å². The van der Waals surface area contributed by atoms with E-state index in [4.69, 9.17) is 4.98 Å². The second kappa shape index (κ2) is 5.47. The zero-order chi connectivity index (χ0) is 19.8. The molecule has 29 heavy (non-hydrogen) atoms. The van der Waals surface area contributed by atoms with Gasteiger partial charge in [0.1, 0.15) is 5.82 Å². The van der Waals surface area contributed by atoms with E-state index in [9.17, 15) is 4.79 Å². The Morgan fingerprint density at radius 2 is 1.83 bits per heavy atom. The van der Waals surface area contributed by atoms with E-state index < -0.39 is 5.66 Å². The molecule has 0 saturated heterocycles. The van der Waals surface area contributed by atoms with E-state index in [-0.39, 0.29) is 5.91 Å². The van der Waals surface area contributed by atoms with E-state index in [1.165, 1.54) is 0 Å². The minimum absolute atomic E-state index is 0.0273. The smallest absolute Gasteiger partial charge is 0.279 e. The maximum atomic E-state index is 14.0. The number of hydrogen-bond acceptors (Lipinski definition) is 3. The summed E-state index contributed by atoms with van der Waals surface area (Å²) in [4.78, 5) is 20.8. The lowest BCUT2D eigenvalue weighted by Crippen LogP contribution is -2.53. The van der Waals surface area contributed by atoms with E-state index in [1.807, 2.05) is 54.3 Å². The van der Waals surface area contributed by atoms with Crippen LogP contribution in [0.5, 0.6) is 0 Å². The number of para-hydroxylation sites is 3. The number of likely N-dealkylation sites (N-methyl/N-ethyl adjacent to an activating group) is 1. The monoisotopic (exact) mass is 380 g/mol. The molecule has 0 bridgehead atoms. The summed E-state index contributed by atoms with van der Waals surface area (Å²) in [5.74, 6) is 0.846. The highest BCUT2D eigenvalue weighted by Gasteiger charge is 2.56. The molecule has 1 atom stereocenters.